The van der Waals surface area contributed by atoms with Crippen LogP contribution in [-0.2, 0) is 6.54 Å². The van der Waals surface area contributed by atoms with Crippen molar-refractivity contribution in [3.05, 3.63) is 15.6 Å². The van der Waals surface area contributed by atoms with Crippen molar-refractivity contribution in [3.63, 3.8) is 0 Å². The largest absolute Gasteiger partial charge is 0.293 e. The van der Waals surface area contributed by atoms with Crippen LogP contribution < -0.4 is 0 Å². The van der Waals surface area contributed by atoms with E-state index in [2.05, 4.69) is 23.7 Å². The quantitative estimate of drug-likeness (QED) is 0.741. The zero-order chi connectivity index (χ0) is 10.8. The molecule has 0 aliphatic heterocycles. The van der Waals surface area contributed by atoms with E-state index in [0.717, 1.165) is 25.0 Å². The molecule has 2 rings (SSSR count). The van der Waals surface area contributed by atoms with Crippen LogP contribution in [0.4, 0.5) is 0 Å². The molecule has 0 N–H and O–H groups in total. The first-order valence-electron chi connectivity index (χ1n) is 5.43. The fraction of sp³-hybridized carbons (Fsp3) is 0.727. The summed E-state index contributed by atoms with van der Waals surface area (Å²) >= 11 is 7.63. The molecule has 0 spiro atoms. The van der Waals surface area contributed by atoms with Gasteiger partial charge in [-0.25, -0.2) is 4.98 Å². The van der Waals surface area contributed by atoms with Gasteiger partial charge in [0.2, 0.25) is 0 Å². The molecule has 0 unspecified atom stereocenters. The monoisotopic (exact) mass is 244 g/mol. The maximum absolute atomic E-state index is 5.81. The highest BCUT2D eigenvalue weighted by atomic mass is 35.5. The first-order valence-corrected chi connectivity index (χ1v) is 6.78. The highest BCUT2D eigenvalue weighted by Crippen LogP contribution is 2.29. The van der Waals surface area contributed by atoms with Crippen molar-refractivity contribution in [2.24, 2.45) is 0 Å². The minimum absolute atomic E-state index is 0.722. The van der Waals surface area contributed by atoms with Crippen LogP contribution >= 0.6 is 22.9 Å². The zero-order valence-corrected chi connectivity index (χ0v) is 10.9. The fourth-order valence-electron chi connectivity index (χ4n) is 1.72. The van der Waals surface area contributed by atoms with Gasteiger partial charge < -0.3 is 0 Å². The maximum atomic E-state index is 5.81. The predicted molar refractivity (Wildman–Crippen MR) is 65.7 cm³/mol. The number of hydrogen-bond donors (Lipinski definition) is 0. The number of alkyl halides is 1. The van der Waals surface area contributed by atoms with Crippen LogP contribution in [0.2, 0.25) is 0 Å². The normalized spacial score (nSPS) is 16.3. The predicted octanol–water partition coefficient (Wildman–Crippen LogP) is 2.96. The molecule has 0 bridgehead atoms. The Morgan fingerprint density at radius 3 is 2.67 bits per heavy atom. The average Bonchev–Trinajstić information content (AvgIpc) is 2.95. The molecule has 1 aliphatic carbocycles. The number of hydrogen-bond acceptors (Lipinski definition) is 3. The van der Waals surface area contributed by atoms with Crippen LogP contribution in [0.1, 0.15) is 28.4 Å². The molecule has 1 saturated carbocycles. The SMILES string of the molecule is Cc1nc(CN(CCCl)C2CC2)sc1C. The Morgan fingerprint density at radius 2 is 2.20 bits per heavy atom. The second-order valence-electron chi connectivity index (χ2n) is 4.14. The van der Waals surface area contributed by atoms with Gasteiger partial charge in [-0.05, 0) is 26.7 Å². The number of aryl methyl sites for hydroxylation is 2. The van der Waals surface area contributed by atoms with Gasteiger partial charge in [0.1, 0.15) is 5.01 Å². The number of rotatable bonds is 5. The molecule has 1 aliphatic rings. The van der Waals surface area contributed by atoms with Gasteiger partial charge in [-0.1, -0.05) is 0 Å². The van der Waals surface area contributed by atoms with Gasteiger partial charge >= 0.3 is 0 Å². The number of aromatic nitrogens is 1. The third-order valence-corrected chi connectivity index (χ3v) is 4.07. The Bertz CT molecular complexity index is 314. The highest BCUT2D eigenvalue weighted by molar-refractivity contribution is 7.11. The van der Waals surface area contributed by atoms with Crippen LogP contribution in [0.15, 0.2) is 0 Å². The highest BCUT2D eigenvalue weighted by Gasteiger charge is 2.29. The maximum Gasteiger partial charge on any atom is 0.107 e. The van der Waals surface area contributed by atoms with E-state index in [-0.39, 0.29) is 0 Å². The average molecular weight is 245 g/mol. The number of thiazole rings is 1. The van der Waals surface area contributed by atoms with Gasteiger partial charge in [0.25, 0.3) is 0 Å². The first-order chi connectivity index (χ1) is 7.20. The van der Waals surface area contributed by atoms with Crippen molar-refractivity contribution in [1.29, 1.82) is 0 Å². The second kappa shape index (κ2) is 4.81. The third-order valence-electron chi connectivity index (χ3n) is 2.85. The van der Waals surface area contributed by atoms with E-state index < -0.39 is 0 Å². The molecule has 1 fully saturated rings. The van der Waals surface area contributed by atoms with Crippen LogP contribution in [0.25, 0.3) is 0 Å². The Morgan fingerprint density at radius 1 is 1.47 bits per heavy atom. The summed E-state index contributed by atoms with van der Waals surface area (Å²) in [5, 5.41) is 1.24. The van der Waals surface area contributed by atoms with E-state index >= 15 is 0 Å². The van der Waals surface area contributed by atoms with Gasteiger partial charge in [-0.15, -0.1) is 22.9 Å². The lowest BCUT2D eigenvalue weighted by Gasteiger charge is -2.18. The molecule has 0 amide bonds. The Labute approximate surface area is 100 Å². The van der Waals surface area contributed by atoms with E-state index in [1.807, 2.05) is 11.3 Å². The van der Waals surface area contributed by atoms with Gasteiger partial charge in [0.05, 0.1) is 12.2 Å². The van der Waals surface area contributed by atoms with Gasteiger partial charge in [-0.2, -0.15) is 0 Å². The van der Waals surface area contributed by atoms with Gasteiger partial charge in [0.15, 0.2) is 0 Å². The minimum atomic E-state index is 0.722. The van der Waals surface area contributed by atoms with Crippen LogP contribution in [0, 0.1) is 13.8 Å². The molecule has 0 aromatic carbocycles. The topological polar surface area (TPSA) is 16.1 Å². The molecular formula is C11H17ClN2S. The molecule has 0 saturated heterocycles. The summed E-state index contributed by atoms with van der Waals surface area (Å²) in [5.41, 5.74) is 1.18. The summed E-state index contributed by atoms with van der Waals surface area (Å²) in [6.45, 7) is 6.19. The molecule has 84 valence electrons. The van der Waals surface area contributed by atoms with E-state index in [0.29, 0.717) is 0 Å². The Kier molecular flexibility index (Phi) is 3.65. The summed E-state index contributed by atoms with van der Waals surface area (Å²) in [6, 6.07) is 0.772. The van der Waals surface area contributed by atoms with E-state index in [4.69, 9.17) is 11.6 Å². The molecule has 1 aromatic heterocycles. The molecule has 1 heterocycles. The van der Waals surface area contributed by atoms with Gasteiger partial charge in [-0.3, -0.25) is 4.90 Å². The third kappa shape index (κ3) is 2.92. The number of nitrogens with zero attached hydrogens (tertiary/aromatic N) is 2. The Hall–Kier alpha value is -0.120. The van der Waals surface area contributed by atoms with E-state index in [1.165, 1.54) is 28.4 Å². The van der Waals surface area contributed by atoms with Crippen molar-refractivity contribution in [2.45, 2.75) is 39.3 Å². The van der Waals surface area contributed by atoms with Crippen molar-refractivity contribution in [1.82, 2.24) is 9.88 Å². The van der Waals surface area contributed by atoms with E-state index in [9.17, 15) is 0 Å². The molecule has 0 radical (unpaired) electrons. The summed E-state index contributed by atoms with van der Waals surface area (Å²) in [4.78, 5) is 8.38. The summed E-state index contributed by atoms with van der Waals surface area (Å²) in [7, 11) is 0. The smallest absolute Gasteiger partial charge is 0.107 e. The minimum Gasteiger partial charge on any atom is -0.293 e. The fourth-order valence-corrected chi connectivity index (χ4v) is 2.90. The second-order valence-corrected chi connectivity index (χ2v) is 5.81. The lowest BCUT2D eigenvalue weighted by Crippen LogP contribution is -2.27. The van der Waals surface area contributed by atoms with Crippen LogP contribution in [-0.4, -0.2) is 28.4 Å². The summed E-state index contributed by atoms with van der Waals surface area (Å²) in [5.74, 6) is 0.722. The molecule has 0 atom stereocenters. The van der Waals surface area contributed by atoms with Crippen molar-refractivity contribution in [3.8, 4) is 0 Å². The van der Waals surface area contributed by atoms with Crippen LogP contribution in [0.3, 0.4) is 0 Å². The number of halogens is 1. The van der Waals surface area contributed by atoms with Crippen molar-refractivity contribution >= 4 is 22.9 Å². The Balaban J connectivity index is 1.98. The lowest BCUT2D eigenvalue weighted by molar-refractivity contribution is 0.270. The van der Waals surface area contributed by atoms with Crippen LogP contribution in [0.5, 0.6) is 0 Å². The zero-order valence-electron chi connectivity index (χ0n) is 9.29. The van der Waals surface area contributed by atoms with Crippen molar-refractivity contribution in [2.75, 3.05) is 12.4 Å². The summed E-state index contributed by atoms with van der Waals surface area (Å²) < 4.78 is 0. The van der Waals surface area contributed by atoms with E-state index in [1.54, 1.807) is 0 Å². The molecule has 4 heteroatoms. The molecular weight excluding hydrogens is 228 g/mol. The van der Waals surface area contributed by atoms with Gasteiger partial charge in [0, 0.05) is 23.3 Å². The first kappa shape index (κ1) is 11.4. The summed E-state index contributed by atoms with van der Waals surface area (Å²) in [6.07, 6.45) is 2.67. The standard InChI is InChI=1S/C11H17ClN2S/c1-8-9(2)15-11(13-8)7-14(6-5-12)10-3-4-10/h10H,3-7H2,1-2H3. The lowest BCUT2D eigenvalue weighted by atomic mass is 10.4. The molecule has 2 nitrogen and oxygen atoms in total. The molecule has 1 aromatic rings. The molecule has 15 heavy (non-hydrogen) atoms. The van der Waals surface area contributed by atoms with Crippen molar-refractivity contribution < 1.29 is 0 Å².